The van der Waals surface area contributed by atoms with Crippen LogP contribution in [-0.4, -0.2) is 15.6 Å². The Balaban J connectivity index is 1.69. The highest BCUT2D eigenvalue weighted by Gasteiger charge is 2.24. The molecular weight excluding hydrogens is 392 g/mol. The number of nitriles is 1. The number of fused-ring (bicyclic) bond motifs is 1. The lowest BCUT2D eigenvalue weighted by molar-refractivity contribution is -0.115. The number of aromatic nitrogens is 1. The number of carbonyl (C=O) groups excluding carboxylic acids is 1. The molecule has 1 saturated heterocycles. The fraction of sp³-hybridized carbons (Fsp3) is 0.0952. The summed E-state index contributed by atoms with van der Waals surface area (Å²) >= 11 is 7.34. The van der Waals surface area contributed by atoms with Crippen LogP contribution in [0.3, 0.4) is 0 Å². The molecule has 0 radical (unpaired) electrons. The summed E-state index contributed by atoms with van der Waals surface area (Å²) in [6.45, 7) is 2.20. The number of hydrogen-bond donors (Lipinski definition) is 1. The summed E-state index contributed by atoms with van der Waals surface area (Å²) in [5.41, 5.74) is 3.55. The van der Waals surface area contributed by atoms with Crippen LogP contribution >= 0.6 is 23.4 Å². The van der Waals surface area contributed by atoms with E-state index in [1.807, 2.05) is 60.2 Å². The number of aliphatic imine (C=N–C) groups is 1. The van der Waals surface area contributed by atoms with Crippen molar-refractivity contribution in [2.24, 2.45) is 4.99 Å². The van der Waals surface area contributed by atoms with Crippen LogP contribution < -0.4 is 5.32 Å². The van der Waals surface area contributed by atoms with Crippen molar-refractivity contribution in [1.29, 1.82) is 5.26 Å². The molecule has 1 aliphatic rings. The zero-order valence-corrected chi connectivity index (χ0v) is 16.5. The summed E-state index contributed by atoms with van der Waals surface area (Å²) in [5, 5.41) is 14.0. The van der Waals surface area contributed by atoms with Gasteiger partial charge in [-0.05, 0) is 48.5 Å². The third-order valence-corrected chi connectivity index (χ3v) is 5.54. The van der Waals surface area contributed by atoms with Crippen molar-refractivity contribution < 1.29 is 4.79 Å². The number of nitrogens with one attached hydrogen (secondary N) is 1. The van der Waals surface area contributed by atoms with Crippen molar-refractivity contribution in [3.05, 3.63) is 69.7 Å². The number of rotatable bonds is 3. The zero-order valence-electron chi connectivity index (χ0n) is 14.9. The topological polar surface area (TPSA) is 70.2 Å². The number of halogens is 1. The largest absolute Gasteiger partial charge is 0.333 e. The molecule has 0 unspecified atom stereocenters. The Morgan fingerprint density at radius 3 is 2.96 bits per heavy atom. The smallest absolute Gasteiger partial charge is 0.264 e. The van der Waals surface area contributed by atoms with Gasteiger partial charge < -0.3 is 9.88 Å². The number of amides is 1. The van der Waals surface area contributed by atoms with Gasteiger partial charge in [-0.15, -0.1) is 0 Å². The van der Waals surface area contributed by atoms with Crippen LogP contribution in [0.4, 0.5) is 5.69 Å². The van der Waals surface area contributed by atoms with E-state index in [0.717, 1.165) is 27.7 Å². The van der Waals surface area contributed by atoms with E-state index in [0.29, 0.717) is 15.1 Å². The minimum absolute atomic E-state index is 0.194. The molecule has 2 heterocycles. The molecule has 1 aromatic heterocycles. The first-order chi connectivity index (χ1) is 13.5. The number of carbonyl (C=O) groups is 1. The van der Waals surface area contributed by atoms with E-state index < -0.39 is 0 Å². The highest BCUT2D eigenvalue weighted by molar-refractivity contribution is 8.18. The second-order valence-corrected chi connectivity index (χ2v) is 7.77. The van der Waals surface area contributed by atoms with E-state index in [2.05, 4.69) is 16.4 Å². The zero-order chi connectivity index (χ0) is 19.7. The van der Waals surface area contributed by atoms with Gasteiger partial charge in [0, 0.05) is 27.7 Å². The number of hydrogen-bond acceptors (Lipinski definition) is 4. The quantitative estimate of drug-likeness (QED) is 0.621. The van der Waals surface area contributed by atoms with E-state index >= 15 is 0 Å². The van der Waals surface area contributed by atoms with Gasteiger partial charge in [0.15, 0.2) is 5.17 Å². The molecule has 1 N–H and O–H groups in total. The van der Waals surface area contributed by atoms with Crippen LogP contribution in [0.1, 0.15) is 11.1 Å². The molecule has 138 valence electrons. The van der Waals surface area contributed by atoms with Crippen molar-refractivity contribution in [2.75, 3.05) is 0 Å². The summed E-state index contributed by atoms with van der Waals surface area (Å²) in [5.74, 6) is -0.194. The number of aryl methyl sites for hydroxylation is 1. The van der Waals surface area contributed by atoms with E-state index in [-0.39, 0.29) is 12.5 Å². The van der Waals surface area contributed by atoms with Crippen LogP contribution in [0.25, 0.3) is 17.0 Å². The van der Waals surface area contributed by atoms with E-state index in [1.54, 1.807) is 6.07 Å². The highest BCUT2D eigenvalue weighted by Crippen LogP contribution is 2.32. The maximum Gasteiger partial charge on any atom is 0.264 e. The van der Waals surface area contributed by atoms with Crippen LogP contribution in [0.15, 0.2) is 58.6 Å². The Hall–Kier alpha value is -3.01. The number of nitrogens with zero attached hydrogens (tertiary/aromatic N) is 3. The molecule has 0 aliphatic carbocycles. The summed E-state index contributed by atoms with van der Waals surface area (Å²) < 4.78 is 1.88. The summed E-state index contributed by atoms with van der Waals surface area (Å²) in [6, 6.07) is 15.5. The molecule has 28 heavy (non-hydrogen) atoms. The van der Waals surface area contributed by atoms with E-state index in [1.165, 1.54) is 11.8 Å². The molecule has 2 aromatic carbocycles. The average molecular weight is 407 g/mol. The molecule has 4 rings (SSSR count). The SMILES string of the molecule is Cc1ccc(Cl)cc1N=C1NC(=O)/C(=C/c2cn(CC#N)c3ccccc23)S1. The van der Waals surface area contributed by atoms with Crippen LogP contribution in [0.2, 0.25) is 5.02 Å². The van der Waals surface area contributed by atoms with Crippen molar-refractivity contribution in [2.45, 2.75) is 13.5 Å². The monoisotopic (exact) mass is 406 g/mol. The van der Waals surface area contributed by atoms with Gasteiger partial charge in [-0.25, -0.2) is 4.99 Å². The minimum Gasteiger partial charge on any atom is -0.333 e. The van der Waals surface area contributed by atoms with Gasteiger partial charge >= 0.3 is 0 Å². The van der Waals surface area contributed by atoms with Gasteiger partial charge in [-0.3, -0.25) is 4.79 Å². The van der Waals surface area contributed by atoms with Crippen LogP contribution in [0.5, 0.6) is 0 Å². The first-order valence-electron chi connectivity index (χ1n) is 8.56. The van der Waals surface area contributed by atoms with Gasteiger partial charge in [0.05, 0.1) is 16.7 Å². The minimum atomic E-state index is -0.194. The van der Waals surface area contributed by atoms with Gasteiger partial charge in [0.1, 0.15) is 6.54 Å². The van der Waals surface area contributed by atoms with Crippen molar-refractivity contribution in [3.63, 3.8) is 0 Å². The third kappa shape index (κ3) is 3.55. The van der Waals surface area contributed by atoms with Gasteiger partial charge in [-0.2, -0.15) is 5.26 Å². The summed E-state index contributed by atoms with van der Waals surface area (Å²) in [4.78, 5) is 17.5. The average Bonchev–Trinajstić information content (AvgIpc) is 3.20. The first-order valence-corrected chi connectivity index (χ1v) is 9.75. The lowest BCUT2D eigenvalue weighted by atomic mass is 10.1. The molecule has 1 fully saturated rings. The molecule has 5 nitrogen and oxygen atoms in total. The van der Waals surface area contributed by atoms with Gasteiger partial charge in [0.25, 0.3) is 5.91 Å². The number of para-hydroxylation sites is 1. The van der Waals surface area contributed by atoms with Crippen LogP contribution in [-0.2, 0) is 11.3 Å². The normalized spacial score (nSPS) is 16.7. The van der Waals surface area contributed by atoms with Crippen molar-refractivity contribution in [1.82, 2.24) is 9.88 Å². The predicted octanol–water partition coefficient (Wildman–Crippen LogP) is 5.02. The Morgan fingerprint density at radius 1 is 1.32 bits per heavy atom. The fourth-order valence-corrected chi connectivity index (χ4v) is 4.02. The Bertz CT molecular complexity index is 1200. The Labute approximate surface area is 171 Å². The molecule has 1 amide bonds. The molecule has 0 atom stereocenters. The molecule has 0 bridgehead atoms. The van der Waals surface area contributed by atoms with Crippen LogP contribution in [0, 0.1) is 18.3 Å². The third-order valence-electron chi connectivity index (χ3n) is 4.39. The summed E-state index contributed by atoms with van der Waals surface area (Å²) in [6.07, 6.45) is 3.73. The lowest BCUT2D eigenvalue weighted by Crippen LogP contribution is -2.19. The molecular formula is C21H15ClN4OS. The Kier molecular flexibility index (Phi) is 4.95. The molecule has 0 spiro atoms. The molecule has 7 heteroatoms. The second kappa shape index (κ2) is 7.55. The van der Waals surface area contributed by atoms with E-state index in [9.17, 15) is 4.79 Å². The lowest BCUT2D eigenvalue weighted by Gasteiger charge is -2.01. The predicted molar refractivity (Wildman–Crippen MR) is 115 cm³/mol. The van der Waals surface area contributed by atoms with E-state index in [4.69, 9.17) is 16.9 Å². The standard InChI is InChI=1S/C21H15ClN4OS/c1-13-6-7-15(22)11-17(13)24-21-25-20(27)19(28-21)10-14-12-26(9-8-23)18-5-3-2-4-16(14)18/h2-7,10-12H,9H2,1H3,(H,24,25,27)/b19-10-. The highest BCUT2D eigenvalue weighted by atomic mass is 35.5. The first kappa shape index (κ1) is 18.4. The summed E-state index contributed by atoms with van der Waals surface area (Å²) in [7, 11) is 0. The molecule has 1 aliphatic heterocycles. The van der Waals surface area contributed by atoms with Crippen molar-refractivity contribution in [3.8, 4) is 6.07 Å². The molecule has 3 aromatic rings. The maximum absolute atomic E-state index is 12.4. The van der Waals surface area contributed by atoms with Gasteiger partial charge in [-0.1, -0.05) is 35.9 Å². The van der Waals surface area contributed by atoms with Gasteiger partial charge in [0.2, 0.25) is 0 Å². The Morgan fingerprint density at radius 2 is 2.14 bits per heavy atom. The molecule has 0 saturated carbocycles. The number of amidine groups is 1. The number of thioether (sulfide) groups is 1. The number of benzene rings is 2. The van der Waals surface area contributed by atoms with Crippen molar-refractivity contribution >= 4 is 57.1 Å². The fourth-order valence-electron chi connectivity index (χ4n) is 3.03. The maximum atomic E-state index is 12.4. The second-order valence-electron chi connectivity index (χ2n) is 6.30.